The highest BCUT2D eigenvalue weighted by molar-refractivity contribution is 9.10. The molecule has 2 aliphatic rings. The molecule has 2 aromatic rings. The fraction of sp³-hybridized carbons (Fsp3) is 0.438. The normalized spacial score (nSPS) is 21.0. The SMILES string of the molecule is Brc1cnc2c(N3CC4(CCCC4)C3)cccc2c1. The molecule has 1 saturated carbocycles. The molecule has 1 aromatic carbocycles. The number of hydrogen-bond acceptors (Lipinski definition) is 2. The van der Waals surface area contributed by atoms with Crippen LogP contribution >= 0.6 is 15.9 Å². The molecular formula is C16H17BrN2. The van der Waals surface area contributed by atoms with Gasteiger partial charge in [0.15, 0.2) is 0 Å². The number of anilines is 1. The number of pyridine rings is 1. The quantitative estimate of drug-likeness (QED) is 0.776. The maximum atomic E-state index is 4.61. The minimum atomic E-state index is 0.636. The Balaban J connectivity index is 1.69. The van der Waals surface area contributed by atoms with Crippen molar-refractivity contribution in [2.45, 2.75) is 25.7 Å². The maximum Gasteiger partial charge on any atom is 0.0936 e. The molecule has 0 unspecified atom stereocenters. The van der Waals surface area contributed by atoms with Crippen LogP contribution < -0.4 is 4.90 Å². The first-order valence-electron chi connectivity index (χ1n) is 7.05. The van der Waals surface area contributed by atoms with Gasteiger partial charge in [0.05, 0.1) is 11.2 Å². The van der Waals surface area contributed by atoms with Gasteiger partial charge >= 0.3 is 0 Å². The Bertz CT molecular complexity index is 624. The smallest absolute Gasteiger partial charge is 0.0936 e. The average molecular weight is 317 g/mol. The Kier molecular flexibility index (Phi) is 2.59. The first-order valence-corrected chi connectivity index (χ1v) is 7.84. The van der Waals surface area contributed by atoms with E-state index in [2.05, 4.69) is 50.1 Å². The lowest BCUT2D eigenvalue weighted by atomic mass is 9.78. The number of para-hydroxylation sites is 1. The molecular weight excluding hydrogens is 300 g/mol. The van der Waals surface area contributed by atoms with Gasteiger partial charge < -0.3 is 4.90 Å². The fourth-order valence-electron chi connectivity index (χ4n) is 3.75. The Morgan fingerprint density at radius 2 is 1.95 bits per heavy atom. The lowest BCUT2D eigenvalue weighted by molar-refractivity contribution is 0.222. The highest BCUT2D eigenvalue weighted by Crippen LogP contribution is 2.47. The summed E-state index contributed by atoms with van der Waals surface area (Å²) >= 11 is 3.50. The van der Waals surface area contributed by atoms with Crippen molar-refractivity contribution in [2.24, 2.45) is 5.41 Å². The van der Waals surface area contributed by atoms with Gasteiger partial charge in [-0.05, 0) is 40.9 Å². The number of rotatable bonds is 1. The average Bonchev–Trinajstić information content (AvgIpc) is 2.85. The molecule has 0 atom stereocenters. The third-order valence-corrected chi connectivity index (χ3v) is 5.15. The molecule has 3 heteroatoms. The maximum absolute atomic E-state index is 4.61. The molecule has 19 heavy (non-hydrogen) atoms. The Labute approximate surface area is 122 Å². The van der Waals surface area contributed by atoms with Gasteiger partial charge in [-0.3, -0.25) is 4.98 Å². The van der Waals surface area contributed by atoms with Crippen molar-refractivity contribution in [1.82, 2.24) is 4.98 Å². The van der Waals surface area contributed by atoms with Gasteiger partial charge in [0.2, 0.25) is 0 Å². The van der Waals surface area contributed by atoms with E-state index in [4.69, 9.17) is 0 Å². The minimum Gasteiger partial charge on any atom is -0.369 e. The van der Waals surface area contributed by atoms with E-state index in [-0.39, 0.29) is 0 Å². The third kappa shape index (κ3) is 1.86. The second-order valence-electron chi connectivity index (χ2n) is 6.07. The van der Waals surface area contributed by atoms with Crippen LogP contribution in [0.4, 0.5) is 5.69 Å². The van der Waals surface area contributed by atoms with Crippen LogP contribution in [0.2, 0.25) is 0 Å². The standard InChI is InChI=1S/C16H17BrN2/c17-13-8-12-4-3-5-14(15(12)18-9-13)19-10-16(11-19)6-1-2-7-16/h3-5,8-9H,1-2,6-7,10-11H2. The van der Waals surface area contributed by atoms with Crippen LogP contribution in [0.25, 0.3) is 10.9 Å². The summed E-state index contributed by atoms with van der Waals surface area (Å²) in [5.41, 5.74) is 3.08. The zero-order valence-electron chi connectivity index (χ0n) is 10.9. The van der Waals surface area contributed by atoms with Crippen molar-refractivity contribution in [3.63, 3.8) is 0 Å². The van der Waals surface area contributed by atoms with Crippen molar-refractivity contribution in [3.05, 3.63) is 34.9 Å². The third-order valence-electron chi connectivity index (χ3n) is 4.71. The summed E-state index contributed by atoms with van der Waals surface area (Å²) < 4.78 is 1.05. The number of nitrogens with zero attached hydrogens (tertiary/aromatic N) is 2. The molecule has 4 rings (SSSR count). The second-order valence-corrected chi connectivity index (χ2v) is 6.98. The molecule has 1 aromatic heterocycles. The minimum absolute atomic E-state index is 0.636. The van der Waals surface area contributed by atoms with Gasteiger partial charge in [-0.15, -0.1) is 0 Å². The second kappa shape index (κ2) is 4.20. The van der Waals surface area contributed by atoms with Crippen LogP contribution in [0, 0.1) is 5.41 Å². The van der Waals surface area contributed by atoms with Crippen LogP contribution in [0.3, 0.4) is 0 Å². The zero-order chi connectivity index (χ0) is 12.9. The molecule has 1 spiro atoms. The van der Waals surface area contributed by atoms with E-state index in [0.717, 1.165) is 9.99 Å². The zero-order valence-corrected chi connectivity index (χ0v) is 12.5. The summed E-state index contributed by atoms with van der Waals surface area (Å²) in [6.07, 6.45) is 7.60. The molecule has 1 aliphatic heterocycles. The van der Waals surface area contributed by atoms with Crippen molar-refractivity contribution < 1.29 is 0 Å². The first-order chi connectivity index (χ1) is 9.26. The summed E-state index contributed by atoms with van der Waals surface area (Å²) in [5.74, 6) is 0. The Hall–Kier alpha value is -1.09. The molecule has 0 bridgehead atoms. The molecule has 2 heterocycles. The summed E-state index contributed by atoms with van der Waals surface area (Å²) in [6.45, 7) is 2.45. The van der Waals surface area contributed by atoms with Gasteiger partial charge in [-0.2, -0.15) is 0 Å². The van der Waals surface area contributed by atoms with E-state index in [1.54, 1.807) is 0 Å². The van der Waals surface area contributed by atoms with E-state index in [1.165, 1.54) is 49.8 Å². The van der Waals surface area contributed by atoms with Gasteiger partial charge in [0.25, 0.3) is 0 Å². The van der Waals surface area contributed by atoms with E-state index >= 15 is 0 Å². The molecule has 0 N–H and O–H groups in total. The Morgan fingerprint density at radius 1 is 1.16 bits per heavy atom. The lowest BCUT2D eigenvalue weighted by Crippen LogP contribution is -2.55. The van der Waals surface area contributed by atoms with Gasteiger partial charge in [0, 0.05) is 34.6 Å². The highest BCUT2D eigenvalue weighted by atomic mass is 79.9. The van der Waals surface area contributed by atoms with E-state index in [1.807, 2.05) is 6.20 Å². The van der Waals surface area contributed by atoms with E-state index in [9.17, 15) is 0 Å². The van der Waals surface area contributed by atoms with Crippen molar-refractivity contribution >= 4 is 32.5 Å². The van der Waals surface area contributed by atoms with Gasteiger partial charge in [0.1, 0.15) is 0 Å². The van der Waals surface area contributed by atoms with Crippen molar-refractivity contribution in [3.8, 4) is 0 Å². The predicted octanol–water partition coefficient (Wildman–Crippen LogP) is 4.38. The van der Waals surface area contributed by atoms with Gasteiger partial charge in [-0.25, -0.2) is 0 Å². The van der Waals surface area contributed by atoms with Crippen LogP contribution in [0.1, 0.15) is 25.7 Å². The monoisotopic (exact) mass is 316 g/mol. The molecule has 2 nitrogen and oxygen atoms in total. The summed E-state index contributed by atoms with van der Waals surface area (Å²) in [5, 5.41) is 1.22. The highest BCUT2D eigenvalue weighted by Gasteiger charge is 2.45. The number of fused-ring (bicyclic) bond motifs is 1. The molecule has 1 saturated heterocycles. The molecule has 98 valence electrons. The predicted molar refractivity (Wildman–Crippen MR) is 82.6 cm³/mol. The van der Waals surface area contributed by atoms with Crippen molar-refractivity contribution in [1.29, 1.82) is 0 Å². The molecule has 1 aliphatic carbocycles. The van der Waals surface area contributed by atoms with Crippen molar-refractivity contribution in [2.75, 3.05) is 18.0 Å². The van der Waals surface area contributed by atoms with Crippen LogP contribution in [0.5, 0.6) is 0 Å². The topological polar surface area (TPSA) is 16.1 Å². The molecule has 2 fully saturated rings. The largest absolute Gasteiger partial charge is 0.369 e. The van der Waals surface area contributed by atoms with Crippen LogP contribution in [-0.2, 0) is 0 Å². The Morgan fingerprint density at radius 3 is 2.74 bits per heavy atom. The molecule has 0 radical (unpaired) electrons. The van der Waals surface area contributed by atoms with Crippen LogP contribution in [-0.4, -0.2) is 18.1 Å². The summed E-state index contributed by atoms with van der Waals surface area (Å²) in [6, 6.07) is 8.65. The fourth-order valence-corrected chi connectivity index (χ4v) is 4.10. The summed E-state index contributed by atoms with van der Waals surface area (Å²) in [7, 11) is 0. The first kappa shape index (κ1) is 11.7. The van der Waals surface area contributed by atoms with Gasteiger partial charge in [-0.1, -0.05) is 25.0 Å². The number of aromatic nitrogens is 1. The van der Waals surface area contributed by atoms with E-state index < -0.39 is 0 Å². The van der Waals surface area contributed by atoms with Crippen LogP contribution in [0.15, 0.2) is 34.9 Å². The summed E-state index contributed by atoms with van der Waals surface area (Å²) in [4.78, 5) is 7.12. The number of hydrogen-bond donors (Lipinski definition) is 0. The lowest BCUT2D eigenvalue weighted by Gasteiger charge is -2.50. The molecule has 0 amide bonds. The number of benzene rings is 1. The van der Waals surface area contributed by atoms with E-state index in [0.29, 0.717) is 5.41 Å². The number of halogens is 1.